The van der Waals surface area contributed by atoms with Gasteiger partial charge in [0.2, 0.25) is 0 Å². The van der Waals surface area contributed by atoms with E-state index >= 15 is 0 Å². The number of rotatable bonds is 2. The van der Waals surface area contributed by atoms with Crippen LogP contribution in [0.15, 0.2) is 30.3 Å². The Morgan fingerprint density at radius 2 is 1.67 bits per heavy atom. The summed E-state index contributed by atoms with van der Waals surface area (Å²) in [4.78, 5) is 0. The van der Waals surface area contributed by atoms with Crippen LogP contribution >= 0.6 is 0 Å². The molecule has 0 atom stereocenters. The number of ether oxygens (including phenoxy) is 1. The summed E-state index contributed by atoms with van der Waals surface area (Å²) in [5.41, 5.74) is 8.70. The Balaban J connectivity index is 2.40. The SMILES string of the molecule is Cc1ccc(C)c(Oc2cc(C)c(F)cc2N)c1. The molecule has 94 valence electrons. The van der Waals surface area contributed by atoms with Crippen molar-refractivity contribution in [1.82, 2.24) is 0 Å². The molecule has 2 aromatic rings. The van der Waals surface area contributed by atoms with Gasteiger partial charge in [-0.05, 0) is 49.6 Å². The maximum atomic E-state index is 13.3. The molecule has 2 nitrogen and oxygen atoms in total. The van der Waals surface area contributed by atoms with Crippen LogP contribution in [0.3, 0.4) is 0 Å². The second-order valence-electron chi connectivity index (χ2n) is 4.51. The Bertz CT molecular complexity index is 593. The maximum Gasteiger partial charge on any atom is 0.150 e. The minimum Gasteiger partial charge on any atom is -0.455 e. The van der Waals surface area contributed by atoms with E-state index in [0.717, 1.165) is 16.9 Å². The van der Waals surface area contributed by atoms with Crippen LogP contribution in [0.2, 0.25) is 0 Å². The first-order valence-corrected chi connectivity index (χ1v) is 5.78. The molecule has 2 rings (SSSR count). The normalized spacial score (nSPS) is 10.4. The molecule has 3 heteroatoms. The maximum absolute atomic E-state index is 13.3. The molecule has 0 aliphatic heterocycles. The van der Waals surface area contributed by atoms with E-state index in [1.54, 1.807) is 13.0 Å². The zero-order valence-corrected chi connectivity index (χ0v) is 10.8. The Hall–Kier alpha value is -2.03. The molecule has 0 saturated carbocycles. The van der Waals surface area contributed by atoms with Crippen molar-refractivity contribution in [2.24, 2.45) is 0 Å². The Morgan fingerprint density at radius 3 is 2.39 bits per heavy atom. The van der Waals surface area contributed by atoms with Crippen LogP contribution in [0.5, 0.6) is 11.5 Å². The summed E-state index contributed by atoms with van der Waals surface area (Å²) in [6.45, 7) is 5.64. The number of nitrogen functional groups attached to an aromatic ring is 1. The van der Waals surface area contributed by atoms with Crippen molar-refractivity contribution in [2.45, 2.75) is 20.8 Å². The van der Waals surface area contributed by atoms with Gasteiger partial charge in [-0.25, -0.2) is 4.39 Å². The zero-order valence-electron chi connectivity index (χ0n) is 10.8. The Morgan fingerprint density at radius 1 is 0.944 bits per heavy atom. The topological polar surface area (TPSA) is 35.2 Å². The minimum atomic E-state index is -0.319. The smallest absolute Gasteiger partial charge is 0.150 e. The van der Waals surface area contributed by atoms with Crippen molar-refractivity contribution in [3.05, 3.63) is 52.8 Å². The molecule has 0 aliphatic carbocycles. The van der Waals surface area contributed by atoms with E-state index in [1.807, 2.05) is 32.0 Å². The van der Waals surface area contributed by atoms with E-state index in [1.165, 1.54) is 6.07 Å². The average molecular weight is 245 g/mol. The molecule has 0 bridgehead atoms. The van der Waals surface area contributed by atoms with Gasteiger partial charge in [0.05, 0.1) is 5.69 Å². The molecule has 0 spiro atoms. The van der Waals surface area contributed by atoms with Gasteiger partial charge >= 0.3 is 0 Å². The molecular weight excluding hydrogens is 229 g/mol. The quantitative estimate of drug-likeness (QED) is 0.807. The summed E-state index contributed by atoms with van der Waals surface area (Å²) in [6.07, 6.45) is 0. The fourth-order valence-electron chi connectivity index (χ4n) is 1.69. The Kier molecular flexibility index (Phi) is 3.24. The van der Waals surface area contributed by atoms with Gasteiger partial charge in [0.25, 0.3) is 0 Å². The number of benzene rings is 2. The predicted molar refractivity (Wildman–Crippen MR) is 71.5 cm³/mol. The summed E-state index contributed by atoms with van der Waals surface area (Å²) in [5, 5.41) is 0. The highest BCUT2D eigenvalue weighted by atomic mass is 19.1. The molecule has 0 aromatic heterocycles. The molecule has 0 heterocycles. The van der Waals surface area contributed by atoms with Crippen molar-refractivity contribution in [2.75, 3.05) is 5.73 Å². The largest absolute Gasteiger partial charge is 0.455 e. The highest BCUT2D eigenvalue weighted by Gasteiger charge is 2.08. The van der Waals surface area contributed by atoms with Crippen molar-refractivity contribution in [1.29, 1.82) is 0 Å². The van der Waals surface area contributed by atoms with Gasteiger partial charge in [-0.2, -0.15) is 0 Å². The number of hydrogen-bond donors (Lipinski definition) is 1. The number of hydrogen-bond acceptors (Lipinski definition) is 2. The third-order valence-electron chi connectivity index (χ3n) is 2.85. The highest BCUT2D eigenvalue weighted by molar-refractivity contribution is 5.56. The molecule has 0 unspecified atom stereocenters. The summed E-state index contributed by atoms with van der Waals surface area (Å²) in [6, 6.07) is 8.84. The monoisotopic (exact) mass is 245 g/mol. The van der Waals surface area contributed by atoms with Crippen LogP contribution in [0.1, 0.15) is 16.7 Å². The molecule has 2 N–H and O–H groups in total. The molecular formula is C15H16FNO. The highest BCUT2D eigenvalue weighted by Crippen LogP contribution is 2.31. The summed E-state index contributed by atoms with van der Waals surface area (Å²) in [5.74, 6) is 0.913. The average Bonchev–Trinajstić information content (AvgIpc) is 2.30. The standard InChI is InChI=1S/C15H16FNO/c1-9-4-5-10(2)14(6-9)18-15-7-11(3)12(16)8-13(15)17/h4-8H,17H2,1-3H3. The lowest BCUT2D eigenvalue weighted by Gasteiger charge is -2.12. The van der Waals surface area contributed by atoms with Crippen molar-refractivity contribution >= 4 is 5.69 Å². The van der Waals surface area contributed by atoms with Crippen molar-refractivity contribution in [3.63, 3.8) is 0 Å². The van der Waals surface area contributed by atoms with Gasteiger partial charge in [-0.1, -0.05) is 12.1 Å². The van der Waals surface area contributed by atoms with E-state index in [-0.39, 0.29) is 5.82 Å². The Labute approximate surface area is 106 Å². The lowest BCUT2D eigenvalue weighted by molar-refractivity contribution is 0.478. The van der Waals surface area contributed by atoms with Crippen LogP contribution in [0.25, 0.3) is 0 Å². The first-order chi connectivity index (χ1) is 8.47. The third-order valence-corrected chi connectivity index (χ3v) is 2.85. The van der Waals surface area contributed by atoms with Crippen molar-refractivity contribution in [3.8, 4) is 11.5 Å². The van der Waals surface area contributed by atoms with E-state index in [0.29, 0.717) is 17.0 Å². The molecule has 2 aromatic carbocycles. The first-order valence-electron chi connectivity index (χ1n) is 5.78. The number of halogens is 1. The number of aryl methyl sites for hydroxylation is 3. The lowest BCUT2D eigenvalue weighted by Crippen LogP contribution is -1.96. The van der Waals surface area contributed by atoms with Gasteiger partial charge in [-0.15, -0.1) is 0 Å². The van der Waals surface area contributed by atoms with Gasteiger partial charge < -0.3 is 10.5 Å². The van der Waals surface area contributed by atoms with E-state index in [2.05, 4.69) is 0 Å². The van der Waals surface area contributed by atoms with Crippen LogP contribution in [-0.4, -0.2) is 0 Å². The fraction of sp³-hybridized carbons (Fsp3) is 0.200. The van der Waals surface area contributed by atoms with Gasteiger partial charge in [0.1, 0.15) is 11.6 Å². The number of anilines is 1. The second kappa shape index (κ2) is 4.69. The van der Waals surface area contributed by atoms with Crippen LogP contribution in [-0.2, 0) is 0 Å². The van der Waals surface area contributed by atoms with E-state index < -0.39 is 0 Å². The van der Waals surface area contributed by atoms with Crippen molar-refractivity contribution < 1.29 is 9.13 Å². The van der Waals surface area contributed by atoms with Gasteiger partial charge in [0.15, 0.2) is 5.75 Å². The molecule has 0 aliphatic rings. The first kappa shape index (κ1) is 12.4. The summed E-state index contributed by atoms with van der Waals surface area (Å²) < 4.78 is 19.1. The zero-order chi connectivity index (χ0) is 13.3. The summed E-state index contributed by atoms with van der Waals surface area (Å²) >= 11 is 0. The van der Waals surface area contributed by atoms with Gasteiger partial charge in [0, 0.05) is 6.07 Å². The molecule has 18 heavy (non-hydrogen) atoms. The third kappa shape index (κ3) is 2.45. The van der Waals surface area contributed by atoms with Crippen LogP contribution in [0.4, 0.5) is 10.1 Å². The molecule has 0 radical (unpaired) electrons. The second-order valence-corrected chi connectivity index (χ2v) is 4.51. The molecule has 0 saturated heterocycles. The fourth-order valence-corrected chi connectivity index (χ4v) is 1.69. The number of nitrogens with two attached hydrogens (primary N) is 1. The molecule has 0 fully saturated rings. The van der Waals surface area contributed by atoms with Crippen LogP contribution < -0.4 is 10.5 Å². The predicted octanol–water partition coefficient (Wildman–Crippen LogP) is 4.13. The van der Waals surface area contributed by atoms with Crippen LogP contribution in [0, 0.1) is 26.6 Å². The molecule has 0 amide bonds. The lowest BCUT2D eigenvalue weighted by atomic mass is 10.1. The minimum absolute atomic E-state index is 0.305. The van der Waals surface area contributed by atoms with E-state index in [9.17, 15) is 4.39 Å². The summed E-state index contributed by atoms with van der Waals surface area (Å²) in [7, 11) is 0. The van der Waals surface area contributed by atoms with E-state index in [4.69, 9.17) is 10.5 Å². The van der Waals surface area contributed by atoms with Gasteiger partial charge in [-0.3, -0.25) is 0 Å².